The van der Waals surface area contributed by atoms with E-state index in [9.17, 15) is 8.42 Å². The first kappa shape index (κ1) is 15.7. The minimum Gasteiger partial charge on any atom is -0.372 e. The largest absolute Gasteiger partial charge is 0.372 e. The summed E-state index contributed by atoms with van der Waals surface area (Å²) in [6.07, 6.45) is 5.58. The lowest BCUT2D eigenvalue weighted by atomic mass is 10.2. The highest BCUT2D eigenvalue weighted by atomic mass is 32.2. The Morgan fingerprint density at radius 2 is 1.62 bits per heavy atom. The third-order valence-corrected chi connectivity index (χ3v) is 6.17. The SMILES string of the molecule is CS(=O)(=O)N1CCCN(CCN2CC3CCC(C2)O3)CC1. The van der Waals surface area contributed by atoms with Crippen molar-refractivity contribution in [1.29, 1.82) is 0 Å². The molecule has 0 saturated carbocycles. The van der Waals surface area contributed by atoms with Crippen LogP contribution in [0.25, 0.3) is 0 Å². The Labute approximate surface area is 128 Å². The molecule has 3 heterocycles. The fourth-order valence-corrected chi connectivity index (χ4v) is 4.54. The van der Waals surface area contributed by atoms with Crippen LogP contribution in [0, 0.1) is 0 Å². The molecule has 3 aliphatic heterocycles. The molecule has 21 heavy (non-hydrogen) atoms. The van der Waals surface area contributed by atoms with Gasteiger partial charge in [0.1, 0.15) is 0 Å². The molecule has 0 spiro atoms. The van der Waals surface area contributed by atoms with Gasteiger partial charge in [-0.15, -0.1) is 0 Å². The number of morpholine rings is 1. The average Bonchev–Trinajstić information content (AvgIpc) is 2.65. The molecule has 0 amide bonds. The van der Waals surface area contributed by atoms with Crippen molar-refractivity contribution in [3.63, 3.8) is 0 Å². The van der Waals surface area contributed by atoms with Gasteiger partial charge in [-0.2, -0.15) is 0 Å². The summed E-state index contributed by atoms with van der Waals surface area (Å²) in [5.41, 5.74) is 0. The van der Waals surface area contributed by atoms with E-state index in [1.165, 1.54) is 19.1 Å². The molecule has 3 saturated heterocycles. The molecule has 2 atom stereocenters. The van der Waals surface area contributed by atoms with Gasteiger partial charge in [0.2, 0.25) is 10.0 Å². The average molecular weight is 317 g/mol. The molecular formula is C14H27N3O3S. The van der Waals surface area contributed by atoms with Gasteiger partial charge in [0.05, 0.1) is 18.5 Å². The molecule has 0 aromatic rings. The van der Waals surface area contributed by atoms with Gasteiger partial charge in [-0.1, -0.05) is 0 Å². The van der Waals surface area contributed by atoms with Crippen LogP contribution in [0.2, 0.25) is 0 Å². The van der Waals surface area contributed by atoms with E-state index in [4.69, 9.17) is 4.74 Å². The van der Waals surface area contributed by atoms with E-state index in [0.717, 1.165) is 45.7 Å². The van der Waals surface area contributed by atoms with Crippen LogP contribution in [0.4, 0.5) is 0 Å². The Morgan fingerprint density at radius 1 is 0.952 bits per heavy atom. The van der Waals surface area contributed by atoms with E-state index in [-0.39, 0.29) is 0 Å². The summed E-state index contributed by atoms with van der Waals surface area (Å²) >= 11 is 0. The number of sulfonamides is 1. The Balaban J connectivity index is 1.43. The molecule has 0 aliphatic carbocycles. The van der Waals surface area contributed by atoms with E-state index in [2.05, 4.69) is 9.80 Å². The zero-order chi connectivity index (χ0) is 14.9. The standard InChI is InChI=1S/C14H27N3O3S/c1-21(18,19)17-6-2-5-15(9-10-17)7-8-16-11-13-3-4-14(12-16)20-13/h13-14H,2-12H2,1H3. The normalized spacial score (nSPS) is 33.2. The third kappa shape index (κ3) is 4.16. The van der Waals surface area contributed by atoms with Gasteiger partial charge in [-0.3, -0.25) is 4.90 Å². The Bertz CT molecular complexity index is 444. The van der Waals surface area contributed by atoms with Crippen LogP contribution in [0.15, 0.2) is 0 Å². The number of rotatable bonds is 4. The second-order valence-corrected chi connectivity index (χ2v) is 8.56. The van der Waals surface area contributed by atoms with Crippen LogP contribution in [-0.2, 0) is 14.8 Å². The van der Waals surface area contributed by atoms with Crippen LogP contribution < -0.4 is 0 Å². The minimum atomic E-state index is -3.03. The number of ether oxygens (including phenoxy) is 1. The topological polar surface area (TPSA) is 53.1 Å². The molecule has 0 N–H and O–H groups in total. The highest BCUT2D eigenvalue weighted by molar-refractivity contribution is 7.88. The quantitative estimate of drug-likeness (QED) is 0.720. The molecule has 2 unspecified atom stereocenters. The van der Waals surface area contributed by atoms with Crippen molar-refractivity contribution in [1.82, 2.24) is 14.1 Å². The van der Waals surface area contributed by atoms with Crippen molar-refractivity contribution in [2.45, 2.75) is 31.5 Å². The van der Waals surface area contributed by atoms with E-state index in [1.807, 2.05) is 0 Å². The lowest BCUT2D eigenvalue weighted by Crippen LogP contribution is -2.46. The zero-order valence-electron chi connectivity index (χ0n) is 12.9. The van der Waals surface area contributed by atoms with E-state index in [1.54, 1.807) is 4.31 Å². The fraction of sp³-hybridized carbons (Fsp3) is 1.00. The van der Waals surface area contributed by atoms with E-state index < -0.39 is 10.0 Å². The van der Waals surface area contributed by atoms with E-state index in [0.29, 0.717) is 25.3 Å². The van der Waals surface area contributed by atoms with Crippen LogP contribution in [0.5, 0.6) is 0 Å². The van der Waals surface area contributed by atoms with Gasteiger partial charge < -0.3 is 9.64 Å². The summed E-state index contributed by atoms with van der Waals surface area (Å²) in [5.74, 6) is 0. The van der Waals surface area contributed by atoms with Crippen molar-refractivity contribution in [3.8, 4) is 0 Å². The Hall–Kier alpha value is -0.210. The van der Waals surface area contributed by atoms with Crippen molar-refractivity contribution < 1.29 is 13.2 Å². The van der Waals surface area contributed by atoms with Gasteiger partial charge >= 0.3 is 0 Å². The maximum atomic E-state index is 11.6. The highest BCUT2D eigenvalue weighted by Gasteiger charge is 2.33. The lowest BCUT2D eigenvalue weighted by molar-refractivity contribution is -0.0400. The molecule has 0 aromatic carbocycles. The summed E-state index contributed by atoms with van der Waals surface area (Å²) in [6.45, 7) is 7.41. The van der Waals surface area contributed by atoms with Crippen LogP contribution in [0.3, 0.4) is 0 Å². The number of hydrogen-bond acceptors (Lipinski definition) is 5. The molecule has 3 fully saturated rings. The van der Waals surface area contributed by atoms with Crippen LogP contribution in [0.1, 0.15) is 19.3 Å². The first-order valence-corrected chi connectivity index (χ1v) is 9.91. The number of nitrogens with zero attached hydrogens (tertiary/aromatic N) is 3. The first-order chi connectivity index (χ1) is 10.0. The van der Waals surface area contributed by atoms with Gasteiger partial charge in [-0.25, -0.2) is 12.7 Å². The second kappa shape index (κ2) is 6.50. The molecule has 7 heteroatoms. The smallest absolute Gasteiger partial charge is 0.211 e. The molecule has 0 aromatic heterocycles. The van der Waals surface area contributed by atoms with Crippen molar-refractivity contribution in [2.24, 2.45) is 0 Å². The molecule has 3 aliphatic rings. The third-order valence-electron chi connectivity index (χ3n) is 4.87. The van der Waals surface area contributed by atoms with Crippen molar-refractivity contribution in [3.05, 3.63) is 0 Å². The maximum Gasteiger partial charge on any atom is 0.211 e. The summed E-state index contributed by atoms with van der Waals surface area (Å²) in [5, 5.41) is 0. The monoisotopic (exact) mass is 317 g/mol. The number of hydrogen-bond donors (Lipinski definition) is 0. The maximum absolute atomic E-state index is 11.6. The second-order valence-electron chi connectivity index (χ2n) is 6.57. The predicted molar refractivity (Wildman–Crippen MR) is 81.8 cm³/mol. The number of likely N-dealkylation sites (tertiary alicyclic amines) is 1. The Morgan fingerprint density at radius 3 is 2.29 bits per heavy atom. The summed E-state index contributed by atoms with van der Waals surface area (Å²) < 4.78 is 30.7. The van der Waals surface area contributed by atoms with Gasteiger partial charge in [-0.05, 0) is 25.8 Å². The van der Waals surface area contributed by atoms with Gasteiger partial charge in [0.25, 0.3) is 0 Å². The van der Waals surface area contributed by atoms with Crippen LogP contribution >= 0.6 is 0 Å². The molecule has 122 valence electrons. The molecular weight excluding hydrogens is 290 g/mol. The number of fused-ring (bicyclic) bond motifs is 2. The van der Waals surface area contributed by atoms with Crippen LogP contribution in [-0.4, -0.2) is 93.3 Å². The molecule has 6 nitrogen and oxygen atoms in total. The van der Waals surface area contributed by atoms with Crippen molar-refractivity contribution in [2.75, 3.05) is 58.6 Å². The first-order valence-electron chi connectivity index (χ1n) is 8.06. The summed E-state index contributed by atoms with van der Waals surface area (Å²) in [6, 6.07) is 0. The highest BCUT2D eigenvalue weighted by Crippen LogP contribution is 2.25. The van der Waals surface area contributed by atoms with E-state index >= 15 is 0 Å². The lowest BCUT2D eigenvalue weighted by Gasteiger charge is -2.33. The fourth-order valence-electron chi connectivity index (χ4n) is 3.67. The van der Waals surface area contributed by atoms with Gasteiger partial charge in [0, 0.05) is 45.8 Å². The predicted octanol–water partition coefficient (Wildman–Crippen LogP) is -0.183. The summed E-state index contributed by atoms with van der Waals surface area (Å²) in [4.78, 5) is 4.92. The van der Waals surface area contributed by atoms with Crippen molar-refractivity contribution >= 4 is 10.0 Å². The zero-order valence-corrected chi connectivity index (χ0v) is 13.7. The minimum absolute atomic E-state index is 0.452. The Kier molecular flexibility index (Phi) is 4.85. The molecule has 3 rings (SSSR count). The molecule has 2 bridgehead atoms. The molecule has 0 radical (unpaired) electrons. The van der Waals surface area contributed by atoms with Gasteiger partial charge in [0.15, 0.2) is 0 Å². The summed E-state index contributed by atoms with van der Waals surface area (Å²) in [7, 11) is -3.03.